The smallest absolute Gasteiger partial charge is 0.0618 e. The van der Waals surface area contributed by atoms with Crippen LogP contribution in [0.1, 0.15) is 19.4 Å². The van der Waals surface area contributed by atoms with Crippen molar-refractivity contribution in [2.24, 2.45) is 5.92 Å². The highest BCUT2D eigenvalue weighted by Crippen LogP contribution is 2.12. The Morgan fingerprint density at radius 1 is 1.38 bits per heavy atom. The molecule has 0 aliphatic heterocycles. The minimum absolute atomic E-state index is 0.406. The molecule has 3 heteroatoms. The molecular weight excluding hydrogens is 266 g/mol. The van der Waals surface area contributed by atoms with Crippen molar-refractivity contribution in [3.05, 3.63) is 34.3 Å². The van der Waals surface area contributed by atoms with Crippen molar-refractivity contribution in [3.63, 3.8) is 0 Å². The Morgan fingerprint density at radius 2 is 2.12 bits per heavy atom. The summed E-state index contributed by atoms with van der Waals surface area (Å²) in [5.74, 6) is 0.576. The lowest BCUT2D eigenvalue weighted by Crippen LogP contribution is -2.37. The van der Waals surface area contributed by atoms with Gasteiger partial charge in [0.2, 0.25) is 0 Å². The lowest BCUT2D eigenvalue weighted by molar-refractivity contribution is 0.146. The van der Waals surface area contributed by atoms with Crippen LogP contribution in [-0.2, 0) is 11.3 Å². The van der Waals surface area contributed by atoms with E-state index in [4.69, 9.17) is 4.74 Å². The van der Waals surface area contributed by atoms with Crippen LogP contribution in [0.2, 0.25) is 0 Å². The normalized spacial score (nSPS) is 13.1. The molecule has 0 heterocycles. The van der Waals surface area contributed by atoms with E-state index in [2.05, 4.69) is 53.3 Å². The van der Waals surface area contributed by atoms with Gasteiger partial charge in [-0.1, -0.05) is 41.9 Å². The standard InChI is InChI=1S/C13H20BrNO/c1-10(2)13(9-16-3)15-8-11-5-4-6-12(14)7-11/h4-7,10,13,15H,8-9H2,1-3H3. The maximum atomic E-state index is 5.21. The summed E-state index contributed by atoms with van der Waals surface area (Å²) in [6.07, 6.45) is 0. The summed E-state index contributed by atoms with van der Waals surface area (Å²) >= 11 is 3.48. The summed E-state index contributed by atoms with van der Waals surface area (Å²) in [7, 11) is 1.75. The van der Waals surface area contributed by atoms with Crippen molar-refractivity contribution < 1.29 is 4.74 Å². The van der Waals surface area contributed by atoms with Gasteiger partial charge in [0.25, 0.3) is 0 Å². The molecule has 1 aromatic rings. The molecule has 0 aliphatic rings. The third-order valence-electron chi connectivity index (χ3n) is 2.61. The highest BCUT2D eigenvalue weighted by atomic mass is 79.9. The van der Waals surface area contributed by atoms with Gasteiger partial charge in [-0.25, -0.2) is 0 Å². The zero-order valence-electron chi connectivity index (χ0n) is 10.2. The number of nitrogens with one attached hydrogen (secondary N) is 1. The van der Waals surface area contributed by atoms with Crippen LogP contribution in [0.15, 0.2) is 28.7 Å². The van der Waals surface area contributed by atoms with Gasteiger partial charge in [0.1, 0.15) is 0 Å². The molecule has 0 spiro atoms. The predicted molar refractivity (Wildman–Crippen MR) is 71.5 cm³/mol. The van der Waals surface area contributed by atoms with E-state index < -0.39 is 0 Å². The molecule has 0 aliphatic carbocycles. The maximum Gasteiger partial charge on any atom is 0.0618 e. The van der Waals surface area contributed by atoms with E-state index >= 15 is 0 Å². The molecule has 0 aromatic heterocycles. The largest absolute Gasteiger partial charge is 0.383 e. The summed E-state index contributed by atoms with van der Waals surface area (Å²) in [4.78, 5) is 0. The molecule has 90 valence electrons. The number of hydrogen-bond donors (Lipinski definition) is 1. The van der Waals surface area contributed by atoms with Crippen LogP contribution < -0.4 is 5.32 Å². The Kier molecular flexibility index (Phi) is 6.03. The predicted octanol–water partition coefficient (Wildman–Crippen LogP) is 3.21. The molecule has 0 saturated heterocycles. The molecule has 1 atom stereocenters. The second-order valence-corrected chi connectivity index (χ2v) is 5.23. The monoisotopic (exact) mass is 285 g/mol. The Balaban J connectivity index is 2.48. The Hall–Kier alpha value is -0.380. The van der Waals surface area contributed by atoms with Crippen molar-refractivity contribution >= 4 is 15.9 Å². The first kappa shape index (κ1) is 13.7. The van der Waals surface area contributed by atoms with Gasteiger partial charge in [0.05, 0.1) is 6.61 Å². The molecule has 0 fully saturated rings. The summed E-state index contributed by atoms with van der Waals surface area (Å²) < 4.78 is 6.33. The topological polar surface area (TPSA) is 21.3 Å². The van der Waals surface area contributed by atoms with Crippen LogP contribution in [0, 0.1) is 5.92 Å². The van der Waals surface area contributed by atoms with Gasteiger partial charge >= 0.3 is 0 Å². The molecule has 0 amide bonds. The van der Waals surface area contributed by atoms with E-state index in [-0.39, 0.29) is 0 Å². The molecule has 0 saturated carbocycles. The van der Waals surface area contributed by atoms with E-state index in [1.165, 1.54) is 5.56 Å². The van der Waals surface area contributed by atoms with E-state index in [0.717, 1.165) is 17.6 Å². The van der Waals surface area contributed by atoms with Crippen molar-refractivity contribution in [2.45, 2.75) is 26.4 Å². The van der Waals surface area contributed by atoms with Gasteiger partial charge in [-0.05, 0) is 23.6 Å². The fourth-order valence-corrected chi connectivity index (χ4v) is 2.01. The van der Waals surface area contributed by atoms with E-state index in [1.54, 1.807) is 7.11 Å². The fourth-order valence-electron chi connectivity index (χ4n) is 1.56. The summed E-state index contributed by atoms with van der Waals surface area (Å²) in [5, 5.41) is 3.52. The maximum absolute atomic E-state index is 5.21. The molecule has 16 heavy (non-hydrogen) atoms. The average Bonchev–Trinajstić information content (AvgIpc) is 2.24. The van der Waals surface area contributed by atoms with Crippen molar-refractivity contribution in [3.8, 4) is 0 Å². The van der Waals surface area contributed by atoms with Gasteiger partial charge in [0.15, 0.2) is 0 Å². The average molecular weight is 286 g/mol. The van der Waals surface area contributed by atoms with Crippen LogP contribution in [0.4, 0.5) is 0 Å². The molecule has 1 aromatic carbocycles. The first-order valence-corrected chi connectivity index (χ1v) is 6.39. The second kappa shape index (κ2) is 7.05. The Bertz CT molecular complexity index is 315. The highest BCUT2D eigenvalue weighted by molar-refractivity contribution is 9.10. The minimum Gasteiger partial charge on any atom is -0.383 e. The van der Waals surface area contributed by atoms with E-state index in [9.17, 15) is 0 Å². The quantitative estimate of drug-likeness (QED) is 0.867. The third-order valence-corrected chi connectivity index (χ3v) is 3.10. The molecule has 0 radical (unpaired) electrons. The first-order valence-electron chi connectivity index (χ1n) is 5.60. The van der Waals surface area contributed by atoms with Crippen molar-refractivity contribution in [1.82, 2.24) is 5.32 Å². The summed E-state index contributed by atoms with van der Waals surface area (Å²) in [6.45, 7) is 6.05. The summed E-state index contributed by atoms with van der Waals surface area (Å²) in [5.41, 5.74) is 1.29. The van der Waals surface area contributed by atoms with Gasteiger partial charge in [0, 0.05) is 24.2 Å². The molecule has 1 rings (SSSR count). The number of rotatable bonds is 6. The number of hydrogen-bond acceptors (Lipinski definition) is 2. The van der Waals surface area contributed by atoms with E-state index in [0.29, 0.717) is 12.0 Å². The lowest BCUT2D eigenvalue weighted by atomic mass is 10.1. The zero-order valence-corrected chi connectivity index (χ0v) is 11.8. The van der Waals surface area contributed by atoms with Crippen LogP contribution in [-0.4, -0.2) is 19.8 Å². The van der Waals surface area contributed by atoms with Gasteiger partial charge < -0.3 is 10.1 Å². The molecular formula is C13H20BrNO. The molecule has 1 unspecified atom stereocenters. The first-order chi connectivity index (χ1) is 7.63. The fraction of sp³-hybridized carbons (Fsp3) is 0.538. The minimum atomic E-state index is 0.406. The second-order valence-electron chi connectivity index (χ2n) is 4.32. The molecule has 0 bridgehead atoms. The van der Waals surface area contributed by atoms with Gasteiger partial charge in [-0.3, -0.25) is 0 Å². The van der Waals surface area contributed by atoms with Crippen LogP contribution in [0.5, 0.6) is 0 Å². The SMILES string of the molecule is COCC(NCc1cccc(Br)c1)C(C)C. The lowest BCUT2D eigenvalue weighted by Gasteiger charge is -2.21. The van der Waals surface area contributed by atoms with Crippen molar-refractivity contribution in [2.75, 3.05) is 13.7 Å². The highest BCUT2D eigenvalue weighted by Gasteiger charge is 2.11. The van der Waals surface area contributed by atoms with Gasteiger partial charge in [-0.15, -0.1) is 0 Å². The van der Waals surface area contributed by atoms with Crippen LogP contribution in [0.3, 0.4) is 0 Å². The van der Waals surface area contributed by atoms with E-state index in [1.807, 2.05) is 6.07 Å². The number of ether oxygens (including phenoxy) is 1. The molecule has 2 nitrogen and oxygen atoms in total. The summed E-state index contributed by atoms with van der Waals surface area (Å²) in [6, 6.07) is 8.77. The van der Waals surface area contributed by atoms with Crippen LogP contribution in [0.25, 0.3) is 0 Å². The van der Waals surface area contributed by atoms with Crippen LogP contribution >= 0.6 is 15.9 Å². The van der Waals surface area contributed by atoms with Gasteiger partial charge in [-0.2, -0.15) is 0 Å². The Labute approximate surface area is 107 Å². The number of halogens is 1. The number of methoxy groups -OCH3 is 1. The van der Waals surface area contributed by atoms with Crippen molar-refractivity contribution in [1.29, 1.82) is 0 Å². The zero-order chi connectivity index (χ0) is 12.0. The third kappa shape index (κ3) is 4.64. The Morgan fingerprint density at radius 3 is 2.69 bits per heavy atom. The number of benzene rings is 1. The molecule has 1 N–H and O–H groups in total.